The summed E-state index contributed by atoms with van der Waals surface area (Å²) in [7, 11) is 0. The topological polar surface area (TPSA) is 64.9 Å². The molecule has 0 saturated heterocycles. The van der Waals surface area contributed by atoms with Gasteiger partial charge in [0.2, 0.25) is 5.89 Å². The first kappa shape index (κ1) is 14.2. The summed E-state index contributed by atoms with van der Waals surface area (Å²) >= 11 is 0. The highest BCUT2D eigenvalue weighted by atomic mass is 16.5. The van der Waals surface area contributed by atoms with E-state index in [1.54, 1.807) is 0 Å². The van der Waals surface area contributed by atoms with Gasteiger partial charge in [-0.15, -0.1) is 0 Å². The third-order valence-corrected chi connectivity index (χ3v) is 3.37. The van der Waals surface area contributed by atoms with Crippen molar-refractivity contribution in [1.82, 2.24) is 10.1 Å². The zero-order valence-corrected chi connectivity index (χ0v) is 12.0. The molecular formula is C13H25N3O. The van der Waals surface area contributed by atoms with Crippen molar-refractivity contribution in [2.45, 2.75) is 59.4 Å². The first-order valence-corrected chi connectivity index (χ1v) is 6.23. The summed E-state index contributed by atoms with van der Waals surface area (Å²) in [5.74, 6) is 1.77. The predicted molar refractivity (Wildman–Crippen MR) is 68.5 cm³/mol. The first-order valence-electron chi connectivity index (χ1n) is 6.23. The van der Waals surface area contributed by atoms with Gasteiger partial charge in [0, 0.05) is 5.41 Å². The van der Waals surface area contributed by atoms with Crippen LogP contribution in [-0.2, 0) is 11.0 Å². The summed E-state index contributed by atoms with van der Waals surface area (Å²) in [5, 5.41) is 4.09. The molecule has 1 heterocycles. The summed E-state index contributed by atoms with van der Waals surface area (Å²) in [5.41, 5.74) is 5.80. The molecule has 98 valence electrons. The average molecular weight is 239 g/mol. The third kappa shape index (κ3) is 2.51. The molecule has 0 bridgehead atoms. The van der Waals surface area contributed by atoms with E-state index in [2.05, 4.69) is 37.8 Å². The Hall–Kier alpha value is -0.900. The molecule has 0 unspecified atom stereocenters. The lowest BCUT2D eigenvalue weighted by molar-refractivity contribution is 0.204. The van der Waals surface area contributed by atoms with Gasteiger partial charge in [-0.1, -0.05) is 53.6 Å². The van der Waals surface area contributed by atoms with Crippen LogP contribution in [0.1, 0.15) is 60.2 Å². The molecule has 1 aromatic rings. The van der Waals surface area contributed by atoms with Gasteiger partial charge in [-0.3, -0.25) is 0 Å². The van der Waals surface area contributed by atoms with Crippen LogP contribution in [0.4, 0.5) is 0 Å². The van der Waals surface area contributed by atoms with E-state index in [0.717, 1.165) is 0 Å². The van der Waals surface area contributed by atoms with Crippen LogP contribution in [0.15, 0.2) is 4.52 Å². The van der Waals surface area contributed by atoms with Crippen LogP contribution < -0.4 is 5.73 Å². The second-order valence-corrected chi connectivity index (χ2v) is 6.42. The molecule has 0 spiro atoms. The highest BCUT2D eigenvalue weighted by Crippen LogP contribution is 2.33. The van der Waals surface area contributed by atoms with Crippen LogP contribution in [0, 0.1) is 11.8 Å². The maximum Gasteiger partial charge on any atom is 0.232 e. The van der Waals surface area contributed by atoms with Gasteiger partial charge in [0.15, 0.2) is 5.82 Å². The molecule has 4 heteroatoms. The summed E-state index contributed by atoms with van der Waals surface area (Å²) in [6, 6.07) is 0. The molecule has 0 radical (unpaired) electrons. The molecule has 0 saturated carbocycles. The van der Waals surface area contributed by atoms with E-state index < -0.39 is 5.54 Å². The van der Waals surface area contributed by atoms with Crippen molar-refractivity contribution in [2.24, 2.45) is 17.6 Å². The predicted octanol–water partition coefficient (Wildman–Crippen LogP) is 2.83. The molecule has 0 aliphatic heterocycles. The minimum atomic E-state index is -0.535. The van der Waals surface area contributed by atoms with Crippen molar-refractivity contribution in [3.05, 3.63) is 11.7 Å². The monoisotopic (exact) mass is 239 g/mol. The zero-order valence-electron chi connectivity index (χ0n) is 12.0. The fourth-order valence-corrected chi connectivity index (χ4v) is 1.89. The Balaban J connectivity index is 3.19. The maximum atomic E-state index is 6.48. The van der Waals surface area contributed by atoms with E-state index in [-0.39, 0.29) is 17.3 Å². The molecule has 4 nitrogen and oxygen atoms in total. The van der Waals surface area contributed by atoms with Crippen molar-refractivity contribution in [3.8, 4) is 0 Å². The van der Waals surface area contributed by atoms with Crippen molar-refractivity contribution in [1.29, 1.82) is 0 Å². The molecule has 0 aliphatic carbocycles. The van der Waals surface area contributed by atoms with E-state index >= 15 is 0 Å². The summed E-state index contributed by atoms with van der Waals surface area (Å²) in [6.45, 7) is 14.5. The van der Waals surface area contributed by atoms with Gasteiger partial charge in [0.1, 0.15) is 0 Å². The van der Waals surface area contributed by atoms with Gasteiger partial charge in [0.25, 0.3) is 0 Å². The number of rotatable bonds is 3. The van der Waals surface area contributed by atoms with Crippen LogP contribution in [0.5, 0.6) is 0 Å². The van der Waals surface area contributed by atoms with Gasteiger partial charge in [-0.25, -0.2) is 0 Å². The first-order chi connectivity index (χ1) is 7.60. The van der Waals surface area contributed by atoms with Crippen LogP contribution >= 0.6 is 0 Å². The van der Waals surface area contributed by atoms with Crippen LogP contribution in [-0.4, -0.2) is 10.1 Å². The minimum absolute atomic E-state index is 0.139. The molecule has 0 aromatic carbocycles. The Bertz CT molecular complexity index is 366. The number of nitrogens with two attached hydrogens (primary N) is 1. The normalized spacial score (nSPS) is 13.8. The molecule has 0 aliphatic rings. The SMILES string of the molecule is CC(C)C(N)(c1noc(C(C)(C)C)n1)C(C)C. The van der Waals surface area contributed by atoms with Gasteiger partial charge < -0.3 is 10.3 Å². The fraction of sp³-hybridized carbons (Fsp3) is 0.846. The molecule has 0 atom stereocenters. The molecule has 1 rings (SSSR count). The maximum absolute atomic E-state index is 6.48. The zero-order chi connectivity index (χ0) is 13.4. The summed E-state index contributed by atoms with van der Waals surface area (Å²) in [6.07, 6.45) is 0. The number of aromatic nitrogens is 2. The Morgan fingerprint density at radius 3 is 1.82 bits per heavy atom. The van der Waals surface area contributed by atoms with Crippen molar-refractivity contribution < 1.29 is 4.52 Å². The van der Waals surface area contributed by atoms with E-state index in [0.29, 0.717) is 11.7 Å². The summed E-state index contributed by atoms with van der Waals surface area (Å²) < 4.78 is 5.33. The van der Waals surface area contributed by atoms with E-state index in [1.807, 2.05) is 20.8 Å². The van der Waals surface area contributed by atoms with Gasteiger partial charge >= 0.3 is 0 Å². The lowest BCUT2D eigenvalue weighted by atomic mass is 9.77. The van der Waals surface area contributed by atoms with Crippen molar-refractivity contribution in [2.75, 3.05) is 0 Å². The molecular weight excluding hydrogens is 214 g/mol. The van der Waals surface area contributed by atoms with Crippen molar-refractivity contribution >= 4 is 0 Å². The molecule has 2 N–H and O–H groups in total. The van der Waals surface area contributed by atoms with E-state index in [4.69, 9.17) is 10.3 Å². The van der Waals surface area contributed by atoms with Gasteiger partial charge in [-0.05, 0) is 11.8 Å². The van der Waals surface area contributed by atoms with Crippen LogP contribution in [0.25, 0.3) is 0 Å². The minimum Gasteiger partial charge on any atom is -0.339 e. The highest BCUT2D eigenvalue weighted by molar-refractivity contribution is 5.09. The molecule has 17 heavy (non-hydrogen) atoms. The lowest BCUT2D eigenvalue weighted by Crippen LogP contribution is -2.47. The van der Waals surface area contributed by atoms with Crippen LogP contribution in [0.2, 0.25) is 0 Å². The second kappa shape index (κ2) is 4.41. The Kier molecular flexibility index (Phi) is 3.67. The number of hydrogen-bond donors (Lipinski definition) is 1. The highest BCUT2D eigenvalue weighted by Gasteiger charge is 2.40. The van der Waals surface area contributed by atoms with Gasteiger partial charge in [0.05, 0.1) is 5.54 Å². The quantitative estimate of drug-likeness (QED) is 0.880. The molecule has 1 aromatic heterocycles. The smallest absolute Gasteiger partial charge is 0.232 e. The third-order valence-electron chi connectivity index (χ3n) is 3.37. The number of nitrogens with zero attached hydrogens (tertiary/aromatic N) is 2. The summed E-state index contributed by atoms with van der Waals surface area (Å²) in [4.78, 5) is 4.49. The van der Waals surface area contributed by atoms with E-state index in [1.165, 1.54) is 0 Å². The Labute approximate surface area is 104 Å². The molecule has 0 amide bonds. The lowest BCUT2D eigenvalue weighted by Gasteiger charge is -2.34. The van der Waals surface area contributed by atoms with Crippen molar-refractivity contribution in [3.63, 3.8) is 0 Å². The fourth-order valence-electron chi connectivity index (χ4n) is 1.89. The Morgan fingerprint density at radius 2 is 1.53 bits per heavy atom. The second-order valence-electron chi connectivity index (χ2n) is 6.42. The average Bonchev–Trinajstić information content (AvgIpc) is 2.63. The van der Waals surface area contributed by atoms with Crippen LogP contribution in [0.3, 0.4) is 0 Å². The van der Waals surface area contributed by atoms with Gasteiger partial charge in [-0.2, -0.15) is 4.98 Å². The van der Waals surface area contributed by atoms with E-state index in [9.17, 15) is 0 Å². The largest absolute Gasteiger partial charge is 0.339 e. The standard InChI is InChI=1S/C13H25N3O/c1-8(2)13(14,9(3)4)10-15-11(17-16-10)12(5,6)7/h8-9H,14H2,1-7H3. The number of hydrogen-bond acceptors (Lipinski definition) is 4. The molecule has 0 fully saturated rings. The Morgan fingerprint density at radius 1 is 1.06 bits per heavy atom.